The van der Waals surface area contributed by atoms with Crippen LogP contribution < -0.4 is 10.1 Å². The SMILES string of the molecule is c1ccc2c3c(ccc2c1)OCCN3. The molecule has 3 rings (SSSR count). The van der Waals surface area contributed by atoms with E-state index in [0.717, 1.165) is 24.6 Å². The minimum atomic E-state index is 0.755. The van der Waals surface area contributed by atoms with Crippen LogP contribution in [0.15, 0.2) is 36.4 Å². The molecule has 0 fully saturated rings. The molecule has 1 N–H and O–H groups in total. The number of ether oxygens (including phenoxy) is 1. The molecule has 2 aromatic carbocycles. The zero-order valence-corrected chi connectivity index (χ0v) is 7.79. The van der Waals surface area contributed by atoms with E-state index < -0.39 is 0 Å². The molecule has 0 spiro atoms. The predicted octanol–water partition coefficient (Wildman–Crippen LogP) is 2.64. The molecular weight excluding hydrogens is 174 g/mol. The molecule has 0 saturated heterocycles. The lowest BCUT2D eigenvalue weighted by molar-refractivity contribution is 0.324. The number of nitrogens with one attached hydrogen (secondary N) is 1. The standard InChI is InChI=1S/C12H11NO/c1-2-4-10-9(3-1)5-6-11-12(10)13-7-8-14-11/h1-6,13H,7-8H2. The summed E-state index contributed by atoms with van der Waals surface area (Å²) in [5, 5.41) is 5.88. The van der Waals surface area contributed by atoms with Crippen LogP contribution >= 0.6 is 0 Å². The highest BCUT2D eigenvalue weighted by Gasteiger charge is 2.11. The Hall–Kier alpha value is -1.70. The van der Waals surface area contributed by atoms with Crippen molar-refractivity contribution in [3.8, 4) is 5.75 Å². The van der Waals surface area contributed by atoms with Crippen molar-refractivity contribution in [3.05, 3.63) is 36.4 Å². The van der Waals surface area contributed by atoms with E-state index in [2.05, 4.69) is 35.6 Å². The number of fused-ring (bicyclic) bond motifs is 3. The fraction of sp³-hybridized carbons (Fsp3) is 0.167. The number of anilines is 1. The van der Waals surface area contributed by atoms with Gasteiger partial charge in [0.25, 0.3) is 0 Å². The van der Waals surface area contributed by atoms with Crippen LogP contribution in [0, 0.1) is 0 Å². The van der Waals surface area contributed by atoms with Crippen molar-refractivity contribution >= 4 is 16.5 Å². The highest BCUT2D eigenvalue weighted by molar-refractivity contribution is 5.97. The monoisotopic (exact) mass is 185 g/mol. The summed E-state index contributed by atoms with van der Waals surface area (Å²) in [4.78, 5) is 0. The zero-order valence-electron chi connectivity index (χ0n) is 7.79. The van der Waals surface area contributed by atoms with E-state index >= 15 is 0 Å². The Bertz CT molecular complexity index is 479. The van der Waals surface area contributed by atoms with E-state index in [9.17, 15) is 0 Å². The van der Waals surface area contributed by atoms with Crippen molar-refractivity contribution in [2.24, 2.45) is 0 Å². The van der Waals surface area contributed by atoms with Gasteiger partial charge in [-0.3, -0.25) is 0 Å². The summed E-state index contributed by atoms with van der Waals surface area (Å²) in [6, 6.07) is 12.5. The van der Waals surface area contributed by atoms with Gasteiger partial charge in [0.05, 0.1) is 5.69 Å². The van der Waals surface area contributed by atoms with Crippen molar-refractivity contribution in [1.29, 1.82) is 0 Å². The Morgan fingerprint density at radius 2 is 2.00 bits per heavy atom. The minimum Gasteiger partial charge on any atom is -0.490 e. The fourth-order valence-corrected chi connectivity index (χ4v) is 1.89. The van der Waals surface area contributed by atoms with E-state index in [0.29, 0.717) is 0 Å². The Balaban J connectivity index is 2.34. The molecule has 0 aromatic heterocycles. The van der Waals surface area contributed by atoms with E-state index in [1.165, 1.54) is 10.8 Å². The molecule has 2 nitrogen and oxygen atoms in total. The Morgan fingerprint density at radius 1 is 1.07 bits per heavy atom. The third kappa shape index (κ3) is 1.04. The summed E-state index contributed by atoms with van der Waals surface area (Å²) in [7, 11) is 0. The fourth-order valence-electron chi connectivity index (χ4n) is 1.89. The highest BCUT2D eigenvalue weighted by atomic mass is 16.5. The van der Waals surface area contributed by atoms with Gasteiger partial charge in [-0.1, -0.05) is 30.3 Å². The molecule has 0 aliphatic carbocycles. The minimum absolute atomic E-state index is 0.755. The maximum absolute atomic E-state index is 5.57. The van der Waals surface area contributed by atoms with Gasteiger partial charge in [0, 0.05) is 11.9 Å². The molecule has 0 radical (unpaired) electrons. The second-order valence-corrected chi connectivity index (χ2v) is 3.44. The summed E-state index contributed by atoms with van der Waals surface area (Å²) in [5.41, 5.74) is 1.13. The van der Waals surface area contributed by atoms with Crippen molar-refractivity contribution in [2.45, 2.75) is 0 Å². The summed E-state index contributed by atoms with van der Waals surface area (Å²) in [5.74, 6) is 0.968. The van der Waals surface area contributed by atoms with Gasteiger partial charge < -0.3 is 10.1 Å². The summed E-state index contributed by atoms with van der Waals surface area (Å²) in [6.45, 7) is 1.65. The number of benzene rings is 2. The quantitative estimate of drug-likeness (QED) is 0.681. The van der Waals surface area contributed by atoms with Crippen molar-refractivity contribution in [3.63, 3.8) is 0 Å². The molecule has 1 aliphatic rings. The lowest BCUT2D eigenvalue weighted by atomic mass is 10.1. The van der Waals surface area contributed by atoms with Crippen molar-refractivity contribution in [1.82, 2.24) is 0 Å². The summed E-state index contributed by atoms with van der Waals surface area (Å²) >= 11 is 0. The van der Waals surface area contributed by atoms with Crippen LogP contribution in [0.25, 0.3) is 10.8 Å². The molecule has 0 amide bonds. The molecule has 14 heavy (non-hydrogen) atoms. The molecule has 0 bridgehead atoms. The van der Waals surface area contributed by atoms with Gasteiger partial charge >= 0.3 is 0 Å². The maximum atomic E-state index is 5.57. The first-order valence-corrected chi connectivity index (χ1v) is 4.83. The topological polar surface area (TPSA) is 21.3 Å². The molecule has 2 heteroatoms. The van der Waals surface area contributed by atoms with Gasteiger partial charge in [-0.25, -0.2) is 0 Å². The average molecular weight is 185 g/mol. The average Bonchev–Trinajstić information content (AvgIpc) is 2.29. The Kier molecular flexibility index (Phi) is 1.60. The normalized spacial score (nSPS) is 14.3. The molecule has 1 aliphatic heterocycles. The van der Waals surface area contributed by atoms with Crippen molar-refractivity contribution < 1.29 is 4.74 Å². The second kappa shape index (κ2) is 2.91. The van der Waals surface area contributed by atoms with Gasteiger partial charge in [-0.15, -0.1) is 0 Å². The lowest BCUT2D eigenvalue weighted by Gasteiger charge is -2.20. The van der Waals surface area contributed by atoms with Gasteiger partial charge in [0.1, 0.15) is 12.4 Å². The van der Waals surface area contributed by atoms with E-state index in [1.54, 1.807) is 0 Å². The Labute approximate surface area is 82.5 Å². The van der Waals surface area contributed by atoms with Crippen LogP contribution in [0.3, 0.4) is 0 Å². The van der Waals surface area contributed by atoms with E-state index in [-0.39, 0.29) is 0 Å². The van der Waals surface area contributed by atoms with Crippen LogP contribution in [-0.2, 0) is 0 Å². The second-order valence-electron chi connectivity index (χ2n) is 3.44. The van der Waals surface area contributed by atoms with Crippen LogP contribution in [0.2, 0.25) is 0 Å². The van der Waals surface area contributed by atoms with Gasteiger partial charge in [0.15, 0.2) is 0 Å². The van der Waals surface area contributed by atoms with Crippen LogP contribution in [0.4, 0.5) is 5.69 Å². The first-order valence-electron chi connectivity index (χ1n) is 4.83. The van der Waals surface area contributed by atoms with Gasteiger partial charge in [-0.05, 0) is 11.5 Å². The number of hydrogen-bond donors (Lipinski definition) is 1. The van der Waals surface area contributed by atoms with Crippen LogP contribution in [0.5, 0.6) is 5.75 Å². The van der Waals surface area contributed by atoms with Crippen molar-refractivity contribution in [2.75, 3.05) is 18.5 Å². The van der Waals surface area contributed by atoms with E-state index in [1.807, 2.05) is 6.07 Å². The molecule has 0 saturated carbocycles. The summed E-state index contributed by atoms with van der Waals surface area (Å²) in [6.07, 6.45) is 0. The Morgan fingerprint density at radius 3 is 3.00 bits per heavy atom. The lowest BCUT2D eigenvalue weighted by Crippen LogP contribution is -2.18. The van der Waals surface area contributed by atoms with Crippen LogP contribution in [-0.4, -0.2) is 13.2 Å². The number of rotatable bonds is 0. The zero-order chi connectivity index (χ0) is 9.38. The molecule has 70 valence electrons. The van der Waals surface area contributed by atoms with Crippen LogP contribution in [0.1, 0.15) is 0 Å². The molecule has 2 aromatic rings. The van der Waals surface area contributed by atoms with Gasteiger partial charge in [-0.2, -0.15) is 0 Å². The molecule has 0 unspecified atom stereocenters. The van der Waals surface area contributed by atoms with Gasteiger partial charge in [0.2, 0.25) is 0 Å². The maximum Gasteiger partial charge on any atom is 0.143 e. The summed E-state index contributed by atoms with van der Waals surface area (Å²) < 4.78 is 5.57. The predicted molar refractivity (Wildman–Crippen MR) is 57.9 cm³/mol. The third-order valence-corrected chi connectivity index (χ3v) is 2.55. The third-order valence-electron chi connectivity index (χ3n) is 2.55. The number of hydrogen-bond acceptors (Lipinski definition) is 2. The molecule has 1 heterocycles. The molecule has 0 atom stereocenters. The molecular formula is C12H11NO. The first kappa shape index (κ1) is 7.68. The first-order chi connectivity index (χ1) is 6.95. The van der Waals surface area contributed by atoms with E-state index in [4.69, 9.17) is 4.74 Å². The highest BCUT2D eigenvalue weighted by Crippen LogP contribution is 2.34. The largest absolute Gasteiger partial charge is 0.490 e. The smallest absolute Gasteiger partial charge is 0.143 e.